The van der Waals surface area contributed by atoms with Gasteiger partial charge in [0.15, 0.2) is 0 Å². The van der Waals surface area contributed by atoms with Gasteiger partial charge in [0.25, 0.3) is 0 Å². The molecule has 0 spiro atoms. The van der Waals surface area contributed by atoms with Crippen LogP contribution in [0.25, 0.3) is 0 Å². The first-order chi connectivity index (χ1) is 12.6. The van der Waals surface area contributed by atoms with Gasteiger partial charge < -0.3 is 14.9 Å². The fourth-order valence-corrected chi connectivity index (χ4v) is 3.79. The maximum atomic E-state index is 13.3. The highest BCUT2D eigenvalue weighted by Gasteiger charge is 2.20. The van der Waals surface area contributed by atoms with Crippen molar-refractivity contribution in [3.8, 4) is 5.75 Å². The first kappa shape index (κ1) is 18.9. The van der Waals surface area contributed by atoms with Gasteiger partial charge in [-0.25, -0.2) is 4.39 Å². The molecule has 0 bridgehead atoms. The number of hydrogen-bond acceptors (Lipinski definition) is 3. The molecule has 0 saturated carbocycles. The molecule has 3 nitrogen and oxygen atoms in total. The zero-order chi connectivity index (χ0) is 18.4. The standard InChI is InChI=1S/C22H29FN2O/c1-24(16-19-5-7-22(26)8-6-19)17-20-10-13-25(14-11-20)12-9-18-3-2-4-21(23)15-18/h2-8,15,20,26H,9-14,16-17H2,1H3. The van der Waals surface area contributed by atoms with Crippen LogP contribution in [-0.2, 0) is 13.0 Å². The Morgan fingerprint density at radius 1 is 1.08 bits per heavy atom. The van der Waals surface area contributed by atoms with Gasteiger partial charge in [-0.05, 0) is 80.7 Å². The Labute approximate surface area is 156 Å². The number of rotatable bonds is 7. The van der Waals surface area contributed by atoms with Gasteiger partial charge in [0.2, 0.25) is 0 Å². The lowest BCUT2D eigenvalue weighted by Gasteiger charge is -2.34. The first-order valence-electron chi connectivity index (χ1n) is 9.52. The van der Waals surface area contributed by atoms with Crippen molar-refractivity contribution in [2.24, 2.45) is 5.92 Å². The van der Waals surface area contributed by atoms with E-state index in [4.69, 9.17) is 0 Å². The lowest BCUT2D eigenvalue weighted by Crippen LogP contribution is -2.38. The maximum absolute atomic E-state index is 13.3. The number of likely N-dealkylation sites (tertiary alicyclic amines) is 1. The minimum Gasteiger partial charge on any atom is -0.508 e. The first-order valence-corrected chi connectivity index (χ1v) is 9.52. The number of phenolic OH excluding ortho intramolecular Hbond substituents is 1. The molecule has 0 atom stereocenters. The largest absolute Gasteiger partial charge is 0.508 e. The summed E-state index contributed by atoms with van der Waals surface area (Å²) in [5, 5.41) is 9.37. The summed E-state index contributed by atoms with van der Waals surface area (Å²) in [5.41, 5.74) is 2.32. The zero-order valence-corrected chi connectivity index (χ0v) is 15.6. The molecule has 0 aromatic heterocycles. The van der Waals surface area contributed by atoms with Crippen molar-refractivity contribution in [1.82, 2.24) is 9.80 Å². The van der Waals surface area contributed by atoms with Crippen LogP contribution < -0.4 is 0 Å². The number of halogens is 1. The van der Waals surface area contributed by atoms with Crippen molar-refractivity contribution < 1.29 is 9.50 Å². The smallest absolute Gasteiger partial charge is 0.123 e. The van der Waals surface area contributed by atoms with Gasteiger partial charge in [-0.1, -0.05) is 24.3 Å². The van der Waals surface area contributed by atoms with Gasteiger partial charge in [0, 0.05) is 19.6 Å². The minimum atomic E-state index is -0.141. The average molecular weight is 356 g/mol. The predicted octanol–water partition coefficient (Wildman–Crippen LogP) is 3.92. The third kappa shape index (κ3) is 5.82. The highest BCUT2D eigenvalue weighted by atomic mass is 19.1. The van der Waals surface area contributed by atoms with Gasteiger partial charge in [0.1, 0.15) is 11.6 Å². The topological polar surface area (TPSA) is 26.7 Å². The predicted molar refractivity (Wildman–Crippen MR) is 104 cm³/mol. The second-order valence-corrected chi connectivity index (χ2v) is 7.53. The third-order valence-electron chi connectivity index (χ3n) is 5.27. The SMILES string of the molecule is CN(Cc1ccc(O)cc1)CC1CCN(CCc2cccc(F)c2)CC1. The Kier molecular flexibility index (Phi) is 6.64. The summed E-state index contributed by atoms with van der Waals surface area (Å²) in [6.45, 7) is 5.30. The van der Waals surface area contributed by atoms with Crippen molar-refractivity contribution in [3.05, 3.63) is 65.5 Å². The van der Waals surface area contributed by atoms with Crippen molar-refractivity contribution in [2.75, 3.05) is 33.2 Å². The van der Waals surface area contributed by atoms with Gasteiger partial charge in [0.05, 0.1) is 0 Å². The van der Waals surface area contributed by atoms with E-state index >= 15 is 0 Å². The van der Waals surface area contributed by atoms with Crippen molar-refractivity contribution in [2.45, 2.75) is 25.8 Å². The summed E-state index contributed by atoms with van der Waals surface area (Å²) in [6.07, 6.45) is 3.37. The number of benzene rings is 2. The van der Waals surface area contributed by atoms with Gasteiger partial charge in [-0.2, -0.15) is 0 Å². The van der Waals surface area contributed by atoms with Crippen LogP contribution in [-0.4, -0.2) is 48.1 Å². The molecule has 1 aliphatic rings. The van der Waals surface area contributed by atoms with Crippen LogP contribution in [0.5, 0.6) is 5.75 Å². The van der Waals surface area contributed by atoms with E-state index in [9.17, 15) is 9.50 Å². The van der Waals surface area contributed by atoms with E-state index in [-0.39, 0.29) is 5.82 Å². The Morgan fingerprint density at radius 2 is 1.81 bits per heavy atom. The third-order valence-corrected chi connectivity index (χ3v) is 5.27. The summed E-state index contributed by atoms with van der Waals surface area (Å²) >= 11 is 0. The Morgan fingerprint density at radius 3 is 2.50 bits per heavy atom. The van der Waals surface area contributed by atoms with Crippen LogP contribution in [0, 0.1) is 11.7 Å². The summed E-state index contributed by atoms with van der Waals surface area (Å²) in [6, 6.07) is 14.4. The highest BCUT2D eigenvalue weighted by Crippen LogP contribution is 2.20. The van der Waals surface area contributed by atoms with Crippen molar-refractivity contribution in [3.63, 3.8) is 0 Å². The number of piperidine rings is 1. The fourth-order valence-electron chi connectivity index (χ4n) is 3.79. The van der Waals surface area contributed by atoms with Gasteiger partial charge in [-0.15, -0.1) is 0 Å². The monoisotopic (exact) mass is 356 g/mol. The van der Waals surface area contributed by atoms with Crippen LogP contribution in [0.15, 0.2) is 48.5 Å². The van der Waals surface area contributed by atoms with Crippen molar-refractivity contribution in [1.29, 1.82) is 0 Å². The number of phenols is 1. The summed E-state index contributed by atoms with van der Waals surface area (Å²) in [5.74, 6) is 0.919. The lowest BCUT2D eigenvalue weighted by molar-refractivity contribution is 0.153. The van der Waals surface area contributed by atoms with Crippen LogP contribution in [0.1, 0.15) is 24.0 Å². The fraction of sp³-hybridized carbons (Fsp3) is 0.455. The molecule has 1 heterocycles. The Balaban J connectivity index is 1.37. The number of hydrogen-bond donors (Lipinski definition) is 1. The molecular weight excluding hydrogens is 327 g/mol. The minimum absolute atomic E-state index is 0.141. The normalized spacial score (nSPS) is 16.3. The average Bonchev–Trinajstić information content (AvgIpc) is 2.63. The molecule has 1 saturated heterocycles. The Hall–Kier alpha value is -1.91. The number of aromatic hydroxyl groups is 1. The van der Waals surface area contributed by atoms with Crippen LogP contribution in [0.4, 0.5) is 4.39 Å². The molecule has 3 rings (SSSR count). The highest BCUT2D eigenvalue weighted by molar-refractivity contribution is 5.25. The molecule has 0 aliphatic carbocycles. The molecule has 140 valence electrons. The zero-order valence-electron chi connectivity index (χ0n) is 15.6. The molecule has 26 heavy (non-hydrogen) atoms. The maximum Gasteiger partial charge on any atom is 0.123 e. The summed E-state index contributed by atoms with van der Waals surface area (Å²) in [7, 11) is 2.17. The summed E-state index contributed by atoms with van der Waals surface area (Å²) in [4.78, 5) is 4.88. The molecule has 0 amide bonds. The van der Waals surface area contributed by atoms with Crippen LogP contribution >= 0.6 is 0 Å². The van der Waals surface area contributed by atoms with E-state index in [1.54, 1.807) is 24.3 Å². The van der Waals surface area contributed by atoms with Crippen molar-refractivity contribution >= 4 is 0 Å². The second kappa shape index (κ2) is 9.15. The lowest BCUT2D eigenvalue weighted by atomic mass is 9.95. The molecule has 1 N–H and O–H groups in total. The van der Waals surface area contributed by atoms with Crippen LogP contribution in [0.2, 0.25) is 0 Å². The molecule has 1 fully saturated rings. The molecule has 0 unspecified atom stereocenters. The molecule has 2 aromatic rings. The van der Waals surface area contributed by atoms with Crippen LogP contribution in [0.3, 0.4) is 0 Å². The van der Waals surface area contributed by atoms with E-state index in [0.29, 0.717) is 5.75 Å². The molecular formula is C22H29FN2O. The molecule has 4 heteroatoms. The number of nitrogens with zero attached hydrogens (tertiary/aromatic N) is 2. The Bertz CT molecular complexity index is 681. The van der Waals surface area contributed by atoms with Gasteiger partial charge in [-0.3, -0.25) is 0 Å². The molecule has 1 aliphatic heterocycles. The summed E-state index contributed by atoms with van der Waals surface area (Å²) < 4.78 is 13.3. The van der Waals surface area contributed by atoms with E-state index in [1.165, 1.54) is 24.5 Å². The van der Waals surface area contributed by atoms with Gasteiger partial charge >= 0.3 is 0 Å². The second-order valence-electron chi connectivity index (χ2n) is 7.53. The van der Waals surface area contributed by atoms with E-state index < -0.39 is 0 Å². The van der Waals surface area contributed by atoms with E-state index in [1.807, 2.05) is 18.2 Å². The molecule has 0 radical (unpaired) electrons. The molecule has 2 aromatic carbocycles. The quantitative estimate of drug-likeness (QED) is 0.815. The van der Waals surface area contributed by atoms with E-state index in [2.05, 4.69) is 16.8 Å². The van der Waals surface area contributed by atoms with E-state index in [0.717, 1.165) is 50.6 Å².